The molecule has 2 rings (SSSR count). The third kappa shape index (κ3) is 2.57. The van der Waals surface area contributed by atoms with Gasteiger partial charge < -0.3 is 10.6 Å². The van der Waals surface area contributed by atoms with E-state index in [0.29, 0.717) is 5.82 Å². The van der Waals surface area contributed by atoms with Gasteiger partial charge in [-0.25, -0.2) is 13.8 Å². The summed E-state index contributed by atoms with van der Waals surface area (Å²) in [6.45, 7) is 2.15. The predicted molar refractivity (Wildman–Crippen MR) is 63.9 cm³/mol. The predicted octanol–water partition coefficient (Wildman–Crippen LogP) is 1.72. The van der Waals surface area contributed by atoms with Crippen molar-refractivity contribution in [2.75, 3.05) is 18.0 Å². The number of carbonyl (C=O) groups excluding carboxylic acids is 1. The molecule has 1 fully saturated rings. The van der Waals surface area contributed by atoms with Crippen LogP contribution in [-0.2, 0) is 0 Å². The quantitative estimate of drug-likeness (QED) is 0.875. The van der Waals surface area contributed by atoms with E-state index in [2.05, 4.69) is 4.98 Å². The fourth-order valence-corrected chi connectivity index (χ4v) is 2.02. The van der Waals surface area contributed by atoms with Crippen molar-refractivity contribution < 1.29 is 13.6 Å². The average Bonchev–Trinajstić information content (AvgIpc) is 2.28. The van der Waals surface area contributed by atoms with Crippen LogP contribution in [0.5, 0.6) is 0 Å². The fraction of sp³-hybridized carbons (Fsp3) is 0.500. The molecule has 0 spiro atoms. The number of aryl methyl sites for hydroxylation is 1. The van der Waals surface area contributed by atoms with Gasteiger partial charge in [-0.05, 0) is 19.1 Å². The van der Waals surface area contributed by atoms with Crippen LogP contribution in [-0.4, -0.2) is 29.9 Å². The summed E-state index contributed by atoms with van der Waals surface area (Å²) in [5.41, 5.74) is 6.28. The molecule has 0 atom stereocenters. The summed E-state index contributed by atoms with van der Waals surface area (Å²) < 4.78 is 26.2. The molecule has 1 aromatic heterocycles. The van der Waals surface area contributed by atoms with Crippen LogP contribution in [0.4, 0.5) is 14.6 Å². The van der Waals surface area contributed by atoms with Crippen LogP contribution < -0.4 is 10.6 Å². The van der Waals surface area contributed by atoms with Crippen molar-refractivity contribution in [2.24, 2.45) is 5.73 Å². The van der Waals surface area contributed by atoms with Gasteiger partial charge in [0.2, 0.25) is 0 Å². The zero-order valence-electron chi connectivity index (χ0n) is 10.1. The number of nitrogens with zero attached hydrogens (tertiary/aromatic N) is 2. The highest BCUT2D eigenvalue weighted by Gasteiger charge is 2.35. The molecule has 98 valence electrons. The normalized spacial score (nSPS) is 18.7. The standard InChI is InChI=1S/C12H15F2N3O/c1-8-2-3-9(10(15)18)11(16-8)17-6-4-12(13,14)5-7-17/h2-3H,4-7H2,1H3,(H2,15,18). The van der Waals surface area contributed by atoms with Gasteiger partial charge in [0.15, 0.2) is 0 Å². The van der Waals surface area contributed by atoms with E-state index in [1.165, 1.54) is 0 Å². The van der Waals surface area contributed by atoms with E-state index in [1.807, 2.05) is 0 Å². The Morgan fingerprint density at radius 3 is 2.56 bits per heavy atom. The molecule has 0 aliphatic carbocycles. The lowest BCUT2D eigenvalue weighted by Gasteiger charge is -2.33. The number of hydrogen-bond donors (Lipinski definition) is 1. The summed E-state index contributed by atoms with van der Waals surface area (Å²) in [5.74, 6) is -2.79. The fourth-order valence-electron chi connectivity index (χ4n) is 2.02. The van der Waals surface area contributed by atoms with Gasteiger partial charge in [-0.2, -0.15) is 0 Å². The maximum atomic E-state index is 13.1. The van der Waals surface area contributed by atoms with Gasteiger partial charge in [0, 0.05) is 31.6 Å². The first kappa shape index (κ1) is 12.7. The van der Waals surface area contributed by atoms with Gasteiger partial charge in [0.25, 0.3) is 11.8 Å². The van der Waals surface area contributed by atoms with Crippen LogP contribution in [0.25, 0.3) is 0 Å². The second-order valence-electron chi connectivity index (χ2n) is 4.53. The smallest absolute Gasteiger partial charge is 0.252 e. The highest BCUT2D eigenvalue weighted by atomic mass is 19.3. The molecular formula is C12H15F2N3O. The van der Waals surface area contributed by atoms with E-state index in [1.54, 1.807) is 24.0 Å². The summed E-state index contributed by atoms with van der Waals surface area (Å²) in [5, 5.41) is 0. The third-order valence-electron chi connectivity index (χ3n) is 3.07. The van der Waals surface area contributed by atoms with Gasteiger partial charge in [0.05, 0.1) is 5.56 Å². The number of pyridine rings is 1. The van der Waals surface area contributed by atoms with E-state index in [-0.39, 0.29) is 31.5 Å². The molecule has 1 aliphatic heterocycles. The molecule has 0 saturated carbocycles. The number of anilines is 1. The number of piperidine rings is 1. The molecule has 18 heavy (non-hydrogen) atoms. The van der Waals surface area contributed by atoms with Crippen LogP contribution >= 0.6 is 0 Å². The molecule has 1 saturated heterocycles. The number of hydrogen-bond acceptors (Lipinski definition) is 3. The minimum absolute atomic E-state index is 0.184. The number of nitrogens with two attached hydrogens (primary N) is 1. The number of amides is 1. The lowest BCUT2D eigenvalue weighted by molar-refractivity contribution is -0.0221. The third-order valence-corrected chi connectivity index (χ3v) is 3.07. The summed E-state index contributed by atoms with van der Waals surface area (Å²) in [7, 11) is 0. The van der Waals surface area contributed by atoms with Crippen molar-refractivity contribution in [2.45, 2.75) is 25.7 Å². The molecular weight excluding hydrogens is 240 g/mol. The first-order valence-corrected chi connectivity index (χ1v) is 5.79. The average molecular weight is 255 g/mol. The van der Waals surface area contributed by atoms with E-state index >= 15 is 0 Å². The molecule has 0 unspecified atom stereocenters. The van der Waals surface area contributed by atoms with Crippen molar-refractivity contribution in [3.63, 3.8) is 0 Å². The van der Waals surface area contributed by atoms with Crippen LogP contribution in [0, 0.1) is 6.92 Å². The molecule has 4 nitrogen and oxygen atoms in total. The monoisotopic (exact) mass is 255 g/mol. The number of aromatic nitrogens is 1. The van der Waals surface area contributed by atoms with Gasteiger partial charge in [-0.1, -0.05) is 0 Å². The highest BCUT2D eigenvalue weighted by molar-refractivity contribution is 5.97. The van der Waals surface area contributed by atoms with Gasteiger partial charge in [0.1, 0.15) is 5.82 Å². The highest BCUT2D eigenvalue weighted by Crippen LogP contribution is 2.31. The van der Waals surface area contributed by atoms with Crippen molar-refractivity contribution in [1.82, 2.24) is 4.98 Å². The molecule has 2 heterocycles. The first-order chi connectivity index (χ1) is 8.39. The van der Waals surface area contributed by atoms with Crippen molar-refractivity contribution in [3.8, 4) is 0 Å². The second-order valence-corrected chi connectivity index (χ2v) is 4.53. The maximum Gasteiger partial charge on any atom is 0.252 e. The number of halogens is 2. The molecule has 0 bridgehead atoms. The number of alkyl halides is 2. The Labute approximate surface area is 104 Å². The van der Waals surface area contributed by atoms with E-state index in [9.17, 15) is 13.6 Å². The van der Waals surface area contributed by atoms with Crippen molar-refractivity contribution >= 4 is 11.7 Å². The Bertz CT molecular complexity index is 466. The Morgan fingerprint density at radius 2 is 2.00 bits per heavy atom. The number of rotatable bonds is 2. The van der Waals surface area contributed by atoms with Crippen molar-refractivity contribution in [3.05, 3.63) is 23.4 Å². The summed E-state index contributed by atoms with van der Waals surface area (Å²) in [6, 6.07) is 3.27. The van der Waals surface area contributed by atoms with E-state index < -0.39 is 11.8 Å². The largest absolute Gasteiger partial charge is 0.365 e. The Kier molecular flexibility index (Phi) is 3.19. The second kappa shape index (κ2) is 4.51. The Hall–Kier alpha value is -1.72. The first-order valence-electron chi connectivity index (χ1n) is 5.79. The maximum absolute atomic E-state index is 13.1. The minimum Gasteiger partial charge on any atom is -0.365 e. The molecule has 0 aromatic carbocycles. The van der Waals surface area contributed by atoms with Gasteiger partial charge in [-0.15, -0.1) is 0 Å². The summed E-state index contributed by atoms with van der Waals surface area (Å²) in [6.07, 6.45) is -0.443. The number of carbonyl (C=O) groups is 1. The molecule has 6 heteroatoms. The molecule has 1 aromatic rings. The molecule has 1 amide bonds. The van der Waals surface area contributed by atoms with E-state index in [4.69, 9.17) is 5.73 Å². The molecule has 2 N–H and O–H groups in total. The Balaban J connectivity index is 2.28. The lowest BCUT2D eigenvalue weighted by Crippen LogP contribution is -2.40. The molecule has 0 radical (unpaired) electrons. The van der Waals surface area contributed by atoms with Crippen molar-refractivity contribution in [1.29, 1.82) is 0 Å². The SMILES string of the molecule is Cc1ccc(C(N)=O)c(N2CCC(F)(F)CC2)n1. The van der Waals surface area contributed by atoms with Crippen LogP contribution in [0.3, 0.4) is 0 Å². The summed E-state index contributed by atoms with van der Waals surface area (Å²) in [4.78, 5) is 17.3. The Morgan fingerprint density at radius 1 is 1.39 bits per heavy atom. The van der Waals surface area contributed by atoms with Crippen LogP contribution in [0.1, 0.15) is 28.9 Å². The lowest BCUT2D eigenvalue weighted by atomic mass is 10.1. The number of primary amides is 1. The topological polar surface area (TPSA) is 59.2 Å². The minimum atomic E-state index is -2.62. The zero-order chi connectivity index (χ0) is 13.3. The summed E-state index contributed by atoms with van der Waals surface area (Å²) >= 11 is 0. The molecule has 1 aliphatic rings. The van der Waals surface area contributed by atoms with Gasteiger partial charge >= 0.3 is 0 Å². The zero-order valence-corrected chi connectivity index (χ0v) is 10.1. The van der Waals surface area contributed by atoms with E-state index in [0.717, 1.165) is 5.69 Å². The van der Waals surface area contributed by atoms with Gasteiger partial charge in [-0.3, -0.25) is 4.79 Å². The van der Waals surface area contributed by atoms with Crippen LogP contribution in [0.2, 0.25) is 0 Å². The van der Waals surface area contributed by atoms with Crippen LogP contribution in [0.15, 0.2) is 12.1 Å².